The summed E-state index contributed by atoms with van der Waals surface area (Å²) in [7, 11) is 0. The van der Waals surface area contributed by atoms with Crippen LogP contribution in [0, 0.1) is 5.41 Å². The molecule has 1 amide bonds. The fourth-order valence-corrected chi connectivity index (χ4v) is 3.45. The third-order valence-corrected chi connectivity index (χ3v) is 4.88. The summed E-state index contributed by atoms with van der Waals surface area (Å²) < 4.78 is 0. The van der Waals surface area contributed by atoms with Crippen LogP contribution in [0.1, 0.15) is 30.9 Å². The van der Waals surface area contributed by atoms with Crippen LogP contribution in [0.2, 0.25) is 0 Å². The van der Waals surface area contributed by atoms with E-state index in [0.29, 0.717) is 5.91 Å². The minimum Gasteiger partial charge on any atom is -0.338 e. The lowest BCUT2D eigenvalue weighted by Gasteiger charge is -2.27. The van der Waals surface area contributed by atoms with Crippen LogP contribution in [0.5, 0.6) is 0 Å². The van der Waals surface area contributed by atoms with Crippen LogP contribution >= 0.6 is 0 Å². The first-order chi connectivity index (χ1) is 10.7. The fraction of sp³-hybridized carbons (Fsp3) is 0.350. The monoisotopic (exact) mass is 293 g/mol. The van der Waals surface area contributed by atoms with E-state index in [4.69, 9.17) is 0 Å². The number of carbonyl (C=O) groups excluding carboxylic acids is 1. The van der Waals surface area contributed by atoms with Crippen molar-refractivity contribution in [3.63, 3.8) is 0 Å². The molecule has 0 N–H and O–H groups in total. The molecule has 1 heterocycles. The van der Waals surface area contributed by atoms with Gasteiger partial charge in [-0.05, 0) is 30.4 Å². The van der Waals surface area contributed by atoms with Gasteiger partial charge in [-0.1, -0.05) is 67.6 Å². The maximum atomic E-state index is 13.0. The van der Waals surface area contributed by atoms with Crippen molar-refractivity contribution in [3.8, 4) is 0 Å². The van der Waals surface area contributed by atoms with Crippen molar-refractivity contribution in [1.29, 1.82) is 0 Å². The number of hydrogen-bond donors (Lipinski definition) is 0. The molecule has 114 valence electrons. The number of amides is 1. The van der Waals surface area contributed by atoms with Gasteiger partial charge in [0.25, 0.3) is 0 Å². The molecule has 2 aromatic rings. The topological polar surface area (TPSA) is 20.3 Å². The molecule has 2 aromatic carbocycles. The Bertz CT molecular complexity index is 623. The Balaban J connectivity index is 1.75. The van der Waals surface area contributed by atoms with Gasteiger partial charge in [0.2, 0.25) is 5.91 Å². The van der Waals surface area contributed by atoms with Gasteiger partial charge in [0.15, 0.2) is 0 Å². The molecular formula is C20H23NO. The maximum absolute atomic E-state index is 13.0. The normalized spacial score (nSPS) is 21.3. The second-order valence-electron chi connectivity index (χ2n) is 6.26. The lowest BCUT2D eigenvalue weighted by Crippen LogP contribution is -2.35. The standard InChI is InChI=1S/C20H23NO/c1-2-20(15-17-9-5-3-6-10-17)13-14-21(19(20)22)16-18-11-7-4-8-12-18/h3-12H,2,13-16H2,1H3. The fourth-order valence-electron chi connectivity index (χ4n) is 3.45. The molecular weight excluding hydrogens is 270 g/mol. The third kappa shape index (κ3) is 2.92. The largest absolute Gasteiger partial charge is 0.338 e. The van der Waals surface area contributed by atoms with Gasteiger partial charge in [0.05, 0.1) is 5.41 Å². The van der Waals surface area contributed by atoms with Gasteiger partial charge in [-0.2, -0.15) is 0 Å². The maximum Gasteiger partial charge on any atom is 0.229 e. The summed E-state index contributed by atoms with van der Waals surface area (Å²) in [5.74, 6) is 0.322. The molecule has 2 heteroatoms. The minimum absolute atomic E-state index is 0.212. The van der Waals surface area contributed by atoms with Crippen LogP contribution in [0.25, 0.3) is 0 Å². The quantitative estimate of drug-likeness (QED) is 0.814. The van der Waals surface area contributed by atoms with E-state index in [1.165, 1.54) is 11.1 Å². The highest BCUT2D eigenvalue weighted by Gasteiger charge is 2.44. The van der Waals surface area contributed by atoms with E-state index in [-0.39, 0.29) is 5.41 Å². The van der Waals surface area contributed by atoms with Gasteiger partial charge >= 0.3 is 0 Å². The Hall–Kier alpha value is -2.09. The molecule has 1 fully saturated rings. The van der Waals surface area contributed by atoms with Gasteiger partial charge in [0.1, 0.15) is 0 Å². The van der Waals surface area contributed by atoms with Crippen LogP contribution in [0.4, 0.5) is 0 Å². The lowest BCUT2D eigenvalue weighted by molar-refractivity contribution is -0.136. The molecule has 1 atom stereocenters. The second-order valence-corrected chi connectivity index (χ2v) is 6.26. The number of likely N-dealkylation sites (tertiary alicyclic amines) is 1. The van der Waals surface area contributed by atoms with Crippen molar-refractivity contribution >= 4 is 5.91 Å². The molecule has 0 aliphatic carbocycles. The second kappa shape index (κ2) is 6.35. The van der Waals surface area contributed by atoms with E-state index in [1.807, 2.05) is 29.2 Å². The first-order valence-corrected chi connectivity index (χ1v) is 8.11. The summed E-state index contributed by atoms with van der Waals surface area (Å²) in [6.07, 6.45) is 2.73. The molecule has 1 saturated heterocycles. The number of rotatable bonds is 5. The summed E-state index contributed by atoms with van der Waals surface area (Å²) in [5, 5.41) is 0. The summed E-state index contributed by atoms with van der Waals surface area (Å²) in [6, 6.07) is 20.7. The average molecular weight is 293 g/mol. The van der Waals surface area contributed by atoms with E-state index in [9.17, 15) is 4.79 Å². The zero-order valence-electron chi connectivity index (χ0n) is 13.2. The highest BCUT2D eigenvalue weighted by molar-refractivity contribution is 5.85. The minimum atomic E-state index is -0.212. The Morgan fingerprint density at radius 2 is 1.55 bits per heavy atom. The number of benzene rings is 2. The van der Waals surface area contributed by atoms with Crippen molar-refractivity contribution in [2.24, 2.45) is 5.41 Å². The lowest BCUT2D eigenvalue weighted by atomic mass is 9.78. The van der Waals surface area contributed by atoms with E-state index in [0.717, 1.165) is 32.4 Å². The van der Waals surface area contributed by atoms with Crippen LogP contribution in [-0.2, 0) is 17.8 Å². The predicted octanol–water partition coefficient (Wildman–Crippen LogP) is 4.06. The first kappa shape index (κ1) is 14.8. The summed E-state index contributed by atoms with van der Waals surface area (Å²) >= 11 is 0. The van der Waals surface area contributed by atoms with E-state index < -0.39 is 0 Å². The van der Waals surface area contributed by atoms with Crippen LogP contribution in [-0.4, -0.2) is 17.4 Å². The summed E-state index contributed by atoms with van der Waals surface area (Å²) in [6.45, 7) is 3.75. The predicted molar refractivity (Wildman–Crippen MR) is 89.3 cm³/mol. The third-order valence-electron chi connectivity index (χ3n) is 4.88. The molecule has 1 aliphatic rings. The molecule has 1 aliphatic heterocycles. The molecule has 0 radical (unpaired) electrons. The van der Waals surface area contributed by atoms with E-state index >= 15 is 0 Å². The van der Waals surface area contributed by atoms with Crippen molar-refractivity contribution in [1.82, 2.24) is 4.90 Å². The van der Waals surface area contributed by atoms with Crippen molar-refractivity contribution < 1.29 is 4.79 Å². The van der Waals surface area contributed by atoms with Crippen LogP contribution < -0.4 is 0 Å². The highest BCUT2D eigenvalue weighted by Crippen LogP contribution is 2.39. The van der Waals surface area contributed by atoms with E-state index in [1.54, 1.807) is 0 Å². The van der Waals surface area contributed by atoms with Crippen molar-refractivity contribution in [2.45, 2.75) is 32.7 Å². The molecule has 1 unspecified atom stereocenters. The molecule has 3 rings (SSSR count). The molecule has 0 saturated carbocycles. The van der Waals surface area contributed by atoms with Gasteiger partial charge in [0, 0.05) is 13.1 Å². The van der Waals surface area contributed by atoms with Gasteiger partial charge in [-0.3, -0.25) is 4.79 Å². The zero-order valence-corrected chi connectivity index (χ0v) is 13.2. The van der Waals surface area contributed by atoms with Gasteiger partial charge in [-0.15, -0.1) is 0 Å². The Labute approximate surface area is 132 Å². The average Bonchev–Trinajstić information content (AvgIpc) is 2.87. The zero-order chi connectivity index (χ0) is 15.4. The Morgan fingerprint density at radius 3 is 2.14 bits per heavy atom. The van der Waals surface area contributed by atoms with Gasteiger partial charge < -0.3 is 4.90 Å². The SMILES string of the molecule is CCC1(Cc2ccccc2)CCN(Cc2ccccc2)C1=O. The molecule has 2 nitrogen and oxygen atoms in total. The highest BCUT2D eigenvalue weighted by atomic mass is 16.2. The molecule has 0 aromatic heterocycles. The molecule has 0 bridgehead atoms. The molecule has 0 spiro atoms. The van der Waals surface area contributed by atoms with Gasteiger partial charge in [-0.25, -0.2) is 0 Å². The van der Waals surface area contributed by atoms with E-state index in [2.05, 4.69) is 43.3 Å². The number of carbonyl (C=O) groups is 1. The smallest absolute Gasteiger partial charge is 0.229 e. The molecule has 22 heavy (non-hydrogen) atoms. The Morgan fingerprint density at radius 1 is 0.955 bits per heavy atom. The first-order valence-electron chi connectivity index (χ1n) is 8.11. The summed E-state index contributed by atoms with van der Waals surface area (Å²) in [5.41, 5.74) is 2.26. The summed E-state index contributed by atoms with van der Waals surface area (Å²) in [4.78, 5) is 15.0. The van der Waals surface area contributed by atoms with Crippen LogP contribution in [0.3, 0.4) is 0 Å². The van der Waals surface area contributed by atoms with Crippen molar-refractivity contribution in [2.75, 3.05) is 6.54 Å². The Kier molecular flexibility index (Phi) is 4.28. The van der Waals surface area contributed by atoms with Crippen LogP contribution in [0.15, 0.2) is 60.7 Å². The number of hydrogen-bond acceptors (Lipinski definition) is 1. The number of nitrogens with zero attached hydrogens (tertiary/aromatic N) is 1. The van der Waals surface area contributed by atoms with Crippen molar-refractivity contribution in [3.05, 3.63) is 71.8 Å².